The molecule has 4 rings (SSSR count). The number of benzene rings is 4. The molecule has 0 aromatic heterocycles. The van der Waals surface area contributed by atoms with Crippen LogP contribution in [0.25, 0.3) is 10.8 Å². The molecular formula is C29H27NO4. The number of carbonyl (C=O) groups is 2. The molecule has 172 valence electrons. The molecule has 0 spiro atoms. The third kappa shape index (κ3) is 5.33. The smallest absolute Gasteiger partial charge is 0.343 e. The lowest BCUT2D eigenvalue weighted by Crippen LogP contribution is -2.16. The van der Waals surface area contributed by atoms with E-state index in [0.29, 0.717) is 11.1 Å². The van der Waals surface area contributed by atoms with Crippen LogP contribution in [0.3, 0.4) is 0 Å². The Morgan fingerprint density at radius 3 is 2.03 bits per heavy atom. The minimum absolute atomic E-state index is 0.212. The lowest BCUT2D eigenvalue weighted by Gasteiger charge is -2.16. The second-order valence-electron chi connectivity index (χ2n) is 8.00. The van der Waals surface area contributed by atoms with Gasteiger partial charge in [0.1, 0.15) is 0 Å². The molecule has 0 aliphatic rings. The van der Waals surface area contributed by atoms with Gasteiger partial charge in [-0.05, 0) is 73.1 Å². The third-order valence-corrected chi connectivity index (χ3v) is 5.63. The number of carbonyl (C=O) groups excluding carboxylic acids is 2. The van der Waals surface area contributed by atoms with Crippen LogP contribution >= 0.6 is 0 Å². The molecule has 0 bridgehead atoms. The van der Waals surface area contributed by atoms with E-state index in [-0.39, 0.29) is 11.5 Å². The fourth-order valence-electron chi connectivity index (χ4n) is 3.79. The van der Waals surface area contributed by atoms with E-state index >= 15 is 0 Å². The van der Waals surface area contributed by atoms with E-state index in [1.807, 2.05) is 25.1 Å². The van der Waals surface area contributed by atoms with Crippen LogP contribution in [0.5, 0.6) is 11.5 Å². The van der Waals surface area contributed by atoms with E-state index in [2.05, 4.69) is 24.4 Å². The molecule has 5 heteroatoms. The van der Waals surface area contributed by atoms with Crippen molar-refractivity contribution in [2.75, 3.05) is 13.1 Å². The number of esters is 2. The quantitative estimate of drug-likeness (QED) is 0.209. The zero-order valence-electron chi connectivity index (χ0n) is 19.3. The summed E-state index contributed by atoms with van der Waals surface area (Å²) in [5.41, 5.74) is 2.75. The molecule has 0 unspecified atom stereocenters. The second kappa shape index (κ2) is 10.8. The number of rotatable bonds is 8. The van der Waals surface area contributed by atoms with Crippen molar-refractivity contribution in [3.05, 3.63) is 107 Å². The average Bonchev–Trinajstić information content (AvgIpc) is 2.87. The lowest BCUT2D eigenvalue weighted by atomic mass is 10.00. The fourth-order valence-corrected chi connectivity index (χ4v) is 3.79. The zero-order chi connectivity index (χ0) is 23.9. The first-order valence-corrected chi connectivity index (χ1v) is 11.4. The number of nitrogens with one attached hydrogen (secondary N) is 1. The number of aryl methyl sites for hydroxylation is 1. The molecule has 0 heterocycles. The van der Waals surface area contributed by atoms with Gasteiger partial charge >= 0.3 is 11.9 Å². The summed E-state index contributed by atoms with van der Waals surface area (Å²) in [7, 11) is 0. The van der Waals surface area contributed by atoms with Crippen LogP contribution in [0.2, 0.25) is 0 Å². The number of ether oxygens (including phenoxy) is 2. The van der Waals surface area contributed by atoms with Gasteiger partial charge in [0.25, 0.3) is 0 Å². The third-order valence-electron chi connectivity index (χ3n) is 5.63. The molecule has 4 aromatic carbocycles. The Hall–Kier alpha value is -3.96. The molecule has 0 aliphatic carbocycles. The standard InChI is InChI=1S/C29H27NO4/c1-3-30-17-16-21-14-15-24-19-26(33-28(31)22-10-6-4-7-11-22)27(20(2)25(24)18-21)34-29(32)23-12-8-5-9-13-23/h4-15,18-19,30H,3,16-17H2,1-2H3. The maximum absolute atomic E-state index is 12.9. The normalized spacial score (nSPS) is 10.8. The summed E-state index contributed by atoms with van der Waals surface area (Å²) in [5, 5.41) is 5.19. The van der Waals surface area contributed by atoms with Crippen LogP contribution in [-0.2, 0) is 6.42 Å². The fraction of sp³-hybridized carbons (Fsp3) is 0.172. The summed E-state index contributed by atoms with van der Waals surface area (Å²) in [5.74, 6) is -0.569. The first-order valence-electron chi connectivity index (χ1n) is 11.4. The zero-order valence-corrected chi connectivity index (χ0v) is 19.3. The second-order valence-corrected chi connectivity index (χ2v) is 8.00. The minimum atomic E-state index is -0.515. The lowest BCUT2D eigenvalue weighted by molar-refractivity contribution is 0.0682. The molecule has 34 heavy (non-hydrogen) atoms. The van der Waals surface area contributed by atoms with Gasteiger partial charge in [0.15, 0.2) is 11.5 Å². The van der Waals surface area contributed by atoms with Gasteiger partial charge in [0.05, 0.1) is 11.1 Å². The van der Waals surface area contributed by atoms with Crippen molar-refractivity contribution >= 4 is 22.7 Å². The molecular weight excluding hydrogens is 426 g/mol. The molecule has 1 N–H and O–H groups in total. The van der Waals surface area contributed by atoms with Crippen molar-refractivity contribution in [1.82, 2.24) is 5.32 Å². The summed E-state index contributed by atoms with van der Waals surface area (Å²) >= 11 is 0. The summed E-state index contributed by atoms with van der Waals surface area (Å²) in [6, 6.07) is 25.4. The Balaban J connectivity index is 1.74. The Labute approximate surface area is 199 Å². The number of fused-ring (bicyclic) bond motifs is 1. The van der Waals surface area contributed by atoms with E-state index in [0.717, 1.165) is 35.8 Å². The highest BCUT2D eigenvalue weighted by atomic mass is 16.6. The average molecular weight is 454 g/mol. The van der Waals surface area contributed by atoms with Gasteiger partial charge in [-0.3, -0.25) is 0 Å². The SMILES string of the molecule is CCNCCc1ccc2cc(OC(=O)c3ccccc3)c(OC(=O)c3ccccc3)c(C)c2c1. The summed E-state index contributed by atoms with van der Waals surface area (Å²) in [6.45, 7) is 5.76. The topological polar surface area (TPSA) is 64.6 Å². The molecule has 0 atom stereocenters. The number of likely N-dealkylation sites (N-methyl/N-ethyl adjacent to an activating group) is 1. The van der Waals surface area contributed by atoms with Crippen LogP contribution in [0.15, 0.2) is 84.9 Å². The predicted molar refractivity (Wildman–Crippen MR) is 134 cm³/mol. The molecule has 0 fully saturated rings. The molecule has 5 nitrogen and oxygen atoms in total. The van der Waals surface area contributed by atoms with Gasteiger partial charge in [-0.15, -0.1) is 0 Å². The number of hydrogen-bond donors (Lipinski definition) is 1. The van der Waals surface area contributed by atoms with Gasteiger partial charge in [-0.1, -0.05) is 61.5 Å². The minimum Gasteiger partial charge on any atom is -0.419 e. The highest BCUT2D eigenvalue weighted by molar-refractivity contribution is 5.97. The first-order chi connectivity index (χ1) is 16.6. The summed E-state index contributed by atoms with van der Waals surface area (Å²) < 4.78 is 11.6. The molecule has 0 radical (unpaired) electrons. The van der Waals surface area contributed by atoms with Crippen molar-refractivity contribution in [3.63, 3.8) is 0 Å². The largest absolute Gasteiger partial charge is 0.419 e. The predicted octanol–water partition coefficient (Wildman–Crippen LogP) is 5.74. The van der Waals surface area contributed by atoms with E-state index in [4.69, 9.17) is 9.47 Å². The van der Waals surface area contributed by atoms with Crippen LogP contribution in [0.1, 0.15) is 38.8 Å². The van der Waals surface area contributed by atoms with Crippen molar-refractivity contribution in [2.24, 2.45) is 0 Å². The van der Waals surface area contributed by atoms with E-state index < -0.39 is 11.9 Å². The Morgan fingerprint density at radius 2 is 1.41 bits per heavy atom. The molecule has 0 amide bonds. The maximum Gasteiger partial charge on any atom is 0.343 e. The van der Waals surface area contributed by atoms with Crippen LogP contribution in [0.4, 0.5) is 0 Å². The maximum atomic E-state index is 12.9. The summed E-state index contributed by atoms with van der Waals surface area (Å²) in [6.07, 6.45) is 0.882. The Morgan fingerprint density at radius 1 is 0.794 bits per heavy atom. The van der Waals surface area contributed by atoms with E-state index in [1.165, 1.54) is 5.56 Å². The molecule has 0 saturated heterocycles. The van der Waals surface area contributed by atoms with Crippen LogP contribution in [-0.4, -0.2) is 25.0 Å². The first kappa shape index (κ1) is 23.2. The van der Waals surface area contributed by atoms with Gasteiger partial charge in [0.2, 0.25) is 0 Å². The van der Waals surface area contributed by atoms with Gasteiger partial charge < -0.3 is 14.8 Å². The van der Waals surface area contributed by atoms with Gasteiger partial charge in [0, 0.05) is 5.56 Å². The van der Waals surface area contributed by atoms with Gasteiger partial charge in [-0.25, -0.2) is 9.59 Å². The van der Waals surface area contributed by atoms with Crippen LogP contribution in [0, 0.1) is 6.92 Å². The molecule has 0 saturated carbocycles. The van der Waals surface area contributed by atoms with E-state index in [1.54, 1.807) is 54.6 Å². The molecule has 4 aromatic rings. The summed E-state index contributed by atoms with van der Waals surface area (Å²) in [4.78, 5) is 25.7. The van der Waals surface area contributed by atoms with Crippen molar-refractivity contribution in [3.8, 4) is 11.5 Å². The number of hydrogen-bond acceptors (Lipinski definition) is 5. The Kier molecular flexibility index (Phi) is 7.35. The van der Waals surface area contributed by atoms with Crippen molar-refractivity contribution < 1.29 is 19.1 Å². The highest BCUT2D eigenvalue weighted by Crippen LogP contribution is 2.38. The molecule has 0 aliphatic heterocycles. The van der Waals surface area contributed by atoms with Crippen LogP contribution < -0.4 is 14.8 Å². The van der Waals surface area contributed by atoms with Crippen molar-refractivity contribution in [2.45, 2.75) is 20.3 Å². The monoisotopic (exact) mass is 453 g/mol. The van der Waals surface area contributed by atoms with Gasteiger partial charge in [-0.2, -0.15) is 0 Å². The van der Waals surface area contributed by atoms with Crippen molar-refractivity contribution in [1.29, 1.82) is 0 Å². The van der Waals surface area contributed by atoms with E-state index in [9.17, 15) is 9.59 Å². The highest BCUT2D eigenvalue weighted by Gasteiger charge is 2.21. The Bertz CT molecular complexity index is 1300.